The third-order valence-corrected chi connectivity index (χ3v) is 3.29. The molecular weight excluding hydrogens is 420 g/mol. The molecule has 5 nitrogen and oxygen atoms in total. The van der Waals surface area contributed by atoms with Crippen LogP contribution in [0.5, 0.6) is 0 Å². The Labute approximate surface area is 142 Å². The molecule has 0 radical (unpaired) electrons. The van der Waals surface area contributed by atoms with Crippen LogP contribution in [-0.2, 0) is 6.54 Å². The number of hydrogen-bond donors (Lipinski definition) is 2. The van der Waals surface area contributed by atoms with Gasteiger partial charge >= 0.3 is 6.18 Å². The van der Waals surface area contributed by atoms with Crippen LogP contribution in [0.4, 0.5) is 13.2 Å². The molecule has 0 aromatic carbocycles. The molecule has 122 valence electrons. The van der Waals surface area contributed by atoms with Gasteiger partial charge < -0.3 is 15.3 Å². The zero-order valence-corrected chi connectivity index (χ0v) is 15.0. The molecule has 0 bridgehead atoms. The first kappa shape index (κ1) is 20.4. The van der Waals surface area contributed by atoms with Crippen LogP contribution in [0, 0.1) is 6.92 Å². The normalized spacial score (nSPS) is 13.6. The van der Waals surface area contributed by atoms with E-state index in [0.717, 1.165) is 10.7 Å². The standard InChI is InChI=1S/C11H17F3N4OS.HI/c1-7-17-8(6-20-7)5-18(3)10(15-2)16-4-9(19)11(12,13)14;/h6,9,19H,4-5H2,1-3H3,(H,15,16);1H. The second-order valence-electron chi connectivity index (χ2n) is 4.20. The van der Waals surface area contributed by atoms with E-state index in [2.05, 4.69) is 15.3 Å². The highest BCUT2D eigenvalue weighted by atomic mass is 127. The molecule has 0 aliphatic heterocycles. The molecule has 1 atom stereocenters. The smallest absolute Gasteiger partial charge is 0.382 e. The number of aryl methyl sites for hydroxylation is 1. The minimum absolute atomic E-state index is 0. The maximum absolute atomic E-state index is 12.2. The van der Waals surface area contributed by atoms with Gasteiger partial charge in [0.05, 0.1) is 23.8 Å². The van der Waals surface area contributed by atoms with Crippen LogP contribution < -0.4 is 5.32 Å². The first-order valence-corrected chi connectivity index (χ1v) is 6.69. The zero-order valence-electron chi connectivity index (χ0n) is 11.8. The predicted octanol–water partition coefficient (Wildman–Crippen LogP) is 2.00. The lowest BCUT2D eigenvalue weighted by Gasteiger charge is -2.23. The highest BCUT2D eigenvalue weighted by molar-refractivity contribution is 14.0. The zero-order chi connectivity index (χ0) is 15.3. The lowest BCUT2D eigenvalue weighted by molar-refractivity contribution is -0.201. The second kappa shape index (κ2) is 8.73. The fourth-order valence-electron chi connectivity index (χ4n) is 1.49. The molecule has 0 spiro atoms. The Morgan fingerprint density at radius 3 is 2.62 bits per heavy atom. The summed E-state index contributed by atoms with van der Waals surface area (Å²) in [6, 6.07) is 0. The number of nitrogens with one attached hydrogen (secondary N) is 1. The number of nitrogens with zero attached hydrogens (tertiary/aromatic N) is 3. The molecular formula is C11H18F3IN4OS. The largest absolute Gasteiger partial charge is 0.416 e. The van der Waals surface area contributed by atoms with Gasteiger partial charge in [-0.2, -0.15) is 13.2 Å². The molecule has 0 amide bonds. The molecule has 10 heteroatoms. The molecule has 0 aliphatic rings. The Kier molecular flexibility index (Phi) is 8.48. The monoisotopic (exact) mass is 438 g/mol. The average Bonchev–Trinajstić information content (AvgIpc) is 2.74. The predicted molar refractivity (Wildman–Crippen MR) is 87.2 cm³/mol. The van der Waals surface area contributed by atoms with E-state index in [0.29, 0.717) is 6.54 Å². The van der Waals surface area contributed by atoms with Gasteiger partial charge in [0.1, 0.15) is 0 Å². The second-order valence-corrected chi connectivity index (χ2v) is 5.26. The Morgan fingerprint density at radius 1 is 1.57 bits per heavy atom. The summed E-state index contributed by atoms with van der Waals surface area (Å²) in [6.07, 6.45) is -7.06. The topological polar surface area (TPSA) is 60.8 Å². The summed E-state index contributed by atoms with van der Waals surface area (Å²) in [5.41, 5.74) is 0.814. The summed E-state index contributed by atoms with van der Waals surface area (Å²) in [5.74, 6) is 0.263. The highest BCUT2D eigenvalue weighted by Crippen LogP contribution is 2.19. The summed E-state index contributed by atoms with van der Waals surface area (Å²) in [4.78, 5) is 9.78. The highest BCUT2D eigenvalue weighted by Gasteiger charge is 2.38. The molecule has 0 aliphatic carbocycles. The lowest BCUT2D eigenvalue weighted by atomic mass is 10.3. The van der Waals surface area contributed by atoms with Crippen molar-refractivity contribution >= 4 is 41.3 Å². The maximum Gasteiger partial charge on any atom is 0.416 e. The summed E-state index contributed by atoms with van der Waals surface area (Å²) in [7, 11) is 3.15. The minimum atomic E-state index is -4.64. The van der Waals surface area contributed by atoms with Crippen LogP contribution in [0.3, 0.4) is 0 Å². The SMILES string of the molecule is CN=C(NCC(O)C(F)(F)F)N(C)Cc1csc(C)n1.I. The van der Waals surface area contributed by atoms with Crippen molar-refractivity contribution in [3.63, 3.8) is 0 Å². The van der Waals surface area contributed by atoms with E-state index < -0.39 is 18.8 Å². The van der Waals surface area contributed by atoms with E-state index in [1.165, 1.54) is 18.4 Å². The van der Waals surface area contributed by atoms with Crippen molar-refractivity contribution in [3.05, 3.63) is 16.1 Å². The van der Waals surface area contributed by atoms with Crippen molar-refractivity contribution in [1.82, 2.24) is 15.2 Å². The number of aliphatic imine (C=N–C) groups is 1. The van der Waals surface area contributed by atoms with Gasteiger partial charge in [-0.15, -0.1) is 35.3 Å². The molecule has 2 N–H and O–H groups in total. The lowest BCUT2D eigenvalue weighted by Crippen LogP contribution is -2.45. The first-order valence-electron chi connectivity index (χ1n) is 5.81. The van der Waals surface area contributed by atoms with E-state index in [1.807, 2.05) is 12.3 Å². The number of hydrogen-bond acceptors (Lipinski definition) is 4. The summed E-state index contributed by atoms with van der Waals surface area (Å²) in [5, 5.41) is 14.2. The number of aliphatic hydroxyl groups excluding tert-OH is 1. The average molecular weight is 438 g/mol. The van der Waals surface area contributed by atoms with Gasteiger partial charge in [0.25, 0.3) is 0 Å². The fraction of sp³-hybridized carbons (Fsp3) is 0.636. The van der Waals surface area contributed by atoms with Gasteiger partial charge in [-0.3, -0.25) is 4.99 Å². The summed E-state index contributed by atoms with van der Waals surface area (Å²) in [6.45, 7) is 1.66. The molecule has 21 heavy (non-hydrogen) atoms. The van der Waals surface area contributed by atoms with Crippen molar-refractivity contribution in [2.75, 3.05) is 20.6 Å². The van der Waals surface area contributed by atoms with Crippen LogP contribution in [0.25, 0.3) is 0 Å². The number of halogens is 4. The number of aromatic nitrogens is 1. The maximum atomic E-state index is 12.2. The Morgan fingerprint density at radius 2 is 2.19 bits per heavy atom. The van der Waals surface area contributed by atoms with Crippen LogP contribution in [0.2, 0.25) is 0 Å². The summed E-state index contributed by atoms with van der Waals surface area (Å²) < 4.78 is 36.6. The van der Waals surface area contributed by atoms with E-state index in [-0.39, 0.29) is 29.9 Å². The number of thiazole rings is 1. The van der Waals surface area contributed by atoms with E-state index >= 15 is 0 Å². The molecule has 1 aromatic rings. The molecule has 1 rings (SSSR count). The van der Waals surface area contributed by atoms with Crippen molar-refractivity contribution in [2.24, 2.45) is 4.99 Å². The number of guanidine groups is 1. The van der Waals surface area contributed by atoms with E-state index in [9.17, 15) is 13.2 Å². The van der Waals surface area contributed by atoms with Gasteiger partial charge in [-0.05, 0) is 6.92 Å². The van der Waals surface area contributed by atoms with Gasteiger partial charge in [0.15, 0.2) is 12.1 Å². The third-order valence-electron chi connectivity index (χ3n) is 2.47. The first-order chi connectivity index (χ1) is 9.24. The molecule has 0 saturated carbocycles. The Bertz CT molecular complexity index is 467. The van der Waals surface area contributed by atoms with Crippen LogP contribution in [0.15, 0.2) is 10.4 Å². The number of aliphatic hydroxyl groups is 1. The molecule has 1 aromatic heterocycles. The van der Waals surface area contributed by atoms with Crippen molar-refractivity contribution in [3.8, 4) is 0 Å². The van der Waals surface area contributed by atoms with Crippen molar-refractivity contribution in [1.29, 1.82) is 0 Å². The van der Waals surface area contributed by atoms with Crippen LogP contribution in [-0.4, -0.2) is 53.9 Å². The summed E-state index contributed by atoms with van der Waals surface area (Å²) >= 11 is 1.50. The quantitative estimate of drug-likeness (QED) is 0.429. The van der Waals surface area contributed by atoms with Crippen LogP contribution >= 0.6 is 35.3 Å². The van der Waals surface area contributed by atoms with Crippen molar-refractivity contribution < 1.29 is 18.3 Å². The number of alkyl halides is 3. The molecule has 0 fully saturated rings. The van der Waals surface area contributed by atoms with E-state index in [4.69, 9.17) is 5.11 Å². The van der Waals surface area contributed by atoms with E-state index in [1.54, 1.807) is 11.9 Å². The molecule has 0 saturated heterocycles. The van der Waals surface area contributed by atoms with Crippen molar-refractivity contribution in [2.45, 2.75) is 25.7 Å². The Balaban J connectivity index is 0.00000400. The fourth-order valence-corrected chi connectivity index (χ4v) is 2.09. The Hall–Kier alpha value is -0.620. The molecule has 1 unspecified atom stereocenters. The van der Waals surface area contributed by atoms with Crippen LogP contribution in [0.1, 0.15) is 10.7 Å². The third kappa shape index (κ3) is 6.78. The van der Waals surface area contributed by atoms with Gasteiger partial charge in [0, 0.05) is 19.5 Å². The van der Waals surface area contributed by atoms with Gasteiger partial charge in [-0.25, -0.2) is 4.98 Å². The minimum Gasteiger partial charge on any atom is -0.382 e. The van der Waals surface area contributed by atoms with Gasteiger partial charge in [-0.1, -0.05) is 0 Å². The number of rotatable bonds is 4. The molecule has 1 heterocycles. The van der Waals surface area contributed by atoms with Gasteiger partial charge in [0.2, 0.25) is 0 Å².